The van der Waals surface area contributed by atoms with Crippen LogP contribution in [0.25, 0.3) is 0 Å². The molecule has 0 aromatic rings. The van der Waals surface area contributed by atoms with Crippen LogP contribution in [0.4, 0.5) is 4.39 Å². The first-order valence-corrected chi connectivity index (χ1v) is 6.51. The summed E-state index contributed by atoms with van der Waals surface area (Å²) in [5.74, 6) is 0.443. The van der Waals surface area contributed by atoms with Crippen molar-refractivity contribution in [2.24, 2.45) is 5.92 Å². The first-order chi connectivity index (χ1) is 8.23. The molecular weight excluding hydrogens is 234 g/mol. The zero-order valence-corrected chi connectivity index (χ0v) is 11.9. The second kappa shape index (κ2) is 4.62. The van der Waals surface area contributed by atoms with Gasteiger partial charge in [0.1, 0.15) is 5.73 Å². The van der Waals surface area contributed by atoms with Gasteiger partial charge in [0, 0.05) is 5.92 Å². The van der Waals surface area contributed by atoms with Gasteiger partial charge < -0.3 is 14.0 Å². The largest absolute Gasteiger partial charge is 0.525 e. The van der Waals surface area contributed by atoms with E-state index in [0.717, 1.165) is 19.6 Å². The fourth-order valence-electron chi connectivity index (χ4n) is 2.08. The van der Waals surface area contributed by atoms with Crippen LogP contribution in [-0.2, 0) is 14.0 Å². The van der Waals surface area contributed by atoms with Crippen molar-refractivity contribution in [1.29, 1.82) is 0 Å². The molecule has 0 N–H and O–H groups in total. The number of rotatable bonds is 3. The maximum Gasteiger partial charge on any atom is 0.525 e. The Hall–Kier alpha value is -0.385. The molecule has 0 unspecified atom stereocenters. The Balaban J connectivity index is 2.05. The Kier molecular flexibility index (Phi) is 3.60. The Morgan fingerprint density at radius 2 is 1.67 bits per heavy atom. The van der Waals surface area contributed by atoms with Crippen LogP contribution in [0.15, 0.2) is 11.3 Å². The summed E-state index contributed by atoms with van der Waals surface area (Å²) in [4.78, 5) is 0. The van der Waals surface area contributed by atoms with Gasteiger partial charge in [-0.15, -0.1) is 0 Å². The zero-order valence-electron chi connectivity index (χ0n) is 11.9. The van der Waals surface area contributed by atoms with Gasteiger partial charge in [-0.25, -0.2) is 4.39 Å². The molecule has 0 bridgehead atoms. The van der Waals surface area contributed by atoms with E-state index in [9.17, 15) is 4.39 Å². The summed E-state index contributed by atoms with van der Waals surface area (Å²) in [6, 6.07) is 0. The smallest absolute Gasteiger partial charge is 0.398 e. The van der Waals surface area contributed by atoms with Crippen LogP contribution in [-0.4, -0.2) is 31.5 Å². The van der Waals surface area contributed by atoms with Crippen LogP contribution in [0.5, 0.6) is 0 Å². The maximum absolute atomic E-state index is 14.3. The molecule has 0 atom stereocenters. The van der Waals surface area contributed by atoms with Gasteiger partial charge in [0.25, 0.3) is 0 Å². The zero-order chi connectivity index (χ0) is 13.6. The molecule has 2 heterocycles. The summed E-state index contributed by atoms with van der Waals surface area (Å²) in [6.07, 6.45) is 0.718. The minimum atomic E-state index is -0.865. The lowest BCUT2D eigenvalue weighted by molar-refractivity contribution is -0.0313. The van der Waals surface area contributed by atoms with E-state index in [0.29, 0.717) is 11.5 Å². The number of allylic oxidation sites excluding steroid dienone is 1. The van der Waals surface area contributed by atoms with E-state index < -0.39 is 18.3 Å². The molecule has 2 fully saturated rings. The SMILES string of the molecule is CC(CC1COC1)=C(F)B1OC(C)(C)C(C)(C)O1. The third kappa shape index (κ3) is 2.49. The fourth-order valence-corrected chi connectivity index (χ4v) is 2.08. The minimum absolute atomic E-state index is 0.277. The molecule has 3 nitrogen and oxygen atoms in total. The van der Waals surface area contributed by atoms with Crippen molar-refractivity contribution in [2.75, 3.05) is 13.2 Å². The van der Waals surface area contributed by atoms with Crippen molar-refractivity contribution in [3.8, 4) is 0 Å². The number of hydrogen-bond acceptors (Lipinski definition) is 3. The van der Waals surface area contributed by atoms with E-state index in [4.69, 9.17) is 14.0 Å². The second-order valence-corrected chi connectivity index (χ2v) is 6.32. The molecular formula is C13H22BFO3. The minimum Gasteiger partial charge on any atom is -0.398 e. The molecule has 5 heteroatoms. The average molecular weight is 256 g/mol. The third-order valence-electron chi connectivity index (χ3n) is 4.17. The van der Waals surface area contributed by atoms with E-state index in [-0.39, 0.29) is 5.73 Å². The van der Waals surface area contributed by atoms with Gasteiger partial charge >= 0.3 is 7.12 Å². The number of hydrogen-bond donors (Lipinski definition) is 0. The van der Waals surface area contributed by atoms with Crippen molar-refractivity contribution in [1.82, 2.24) is 0 Å². The number of ether oxygens (including phenoxy) is 1. The van der Waals surface area contributed by atoms with E-state index in [2.05, 4.69) is 0 Å². The van der Waals surface area contributed by atoms with Crippen LogP contribution in [0.3, 0.4) is 0 Å². The lowest BCUT2D eigenvalue weighted by Gasteiger charge is -2.32. The maximum atomic E-state index is 14.3. The Morgan fingerprint density at radius 3 is 2.06 bits per heavy atom. The molecule has 2 rings (SSSR count). The quantitative estimate of drug-likeness (QED) is 0.726. The van der Waals surface area contributed by atoms with E-state index in [1.165, 1.54) is 0 Å². The highest BCUT2D eigenvalue weighted by Crippen LogP contribution is 2.39. The Bertz CT molecular complexity index is 345. The van der Waals surface area contributed by atoms with Gasteiger partial charge in [-0.3, -0.25) is 0 Å². The van der Waals surface area contributed by atoms with Crippen molar-refractivity contribution in [2.45, 2.75) is 52.2 Å². The Morgan fingerprint density at radius 1 is 1.17 bits per heavy atom. The van der Waals surface area contributed by atoms with Gasteiger partial charge in [0.2, 0.25) is 0 Å². The highest BCUT2D eigenvalue weighted by Gasteiger charge is 2.53. The number of halogens is 1. The van der Waals surface area contributed by atoms with Crippen LogP contribution >= 0.6 is 0 Å². The molecule has 0 saturated carbocycles. The van der Waals surface area contributed by atoms with E-state index in [1.54, 1.807) is 6.92 Å². The standard InChI is InChI=1S/C13H22BFO3/c1-9(6-10-7-16-8-10)11(15)14-17-12(2,3)13(4,5)18-14/h10H,6-8H2,1-5H3. The molecule has 102 valence electrons. The normalized spacial score (nSPS) is 28.0. The third-order valence-corrected chi connectivity index (χ3v) is 4.17. The summed E-state index contributed by atoms with van der Waals surface area (Å²) in [5.41, 5.74) is -0.550. The van der Waals surface area contributed by atoms with Crippen molar-refractivity contribution >= 4 is 7.12 Å². The second-order valence-electron chi connectivity index (χ2n) is 6.32. The molecule has 0 aliphatic carbocycles. The Labute approximate surface area is 109 Å². The predicted octanol–water partition coefficient (Wildman–Crippen LogP) is 2.90. The van der Waals surface area contributed by atoms with Gasteiger partial charge in [-0.1, -0.05) is 0 Å². The fraction of sp³-hybridized carbons (Fsp3) is 0.846. The van der Waals surface area contributed by atoms with Crippen LogP contribution in [0.2, 0.25) is 0 Å². The molecule has 0 aromatic heterocycles. The highest BCUT2D eigenvalue weighted by molar-refractivity contribution is 6.53. The molecule has 2 aliphatic rings. The van der Waals surface area contributed by atoms with Crippen LogP contribution in [0.1, 0.15) is 41.0 Å². The summed E-state index contributed by atoms with van der Waals surface area (Å²) >= 11 is 0. The predicted molar refractivity (Wildman–Crippen MR) is 68.8 cm³/mol. The van der Waals surface area contributed by atoms with Gasteiger partial charge in [-0.2, -0.15) is 0 Å². The average Bonchev–Trinajstić information content (AvgIpc) is 2.40. The van der Waals surface area contributed by atoms with E-state index in [1.807, 2.05) is 27.7 Å². The van der Waals surface area contributed by atoms with Crippen LogP contribution in [0, 0.1) is 5.92 Å². The molecule has 0 radical (unpaired) electrons. The van der Waals surface area contributed by atoms with Crippen molar-refractivity contribution in [3.05, 3.63) is 11.3 Å². The van der Waals surface area contributed by atoms with Crippen LogP contribution < -0.4 is 0 Å². The first kappa shape index (κ1) is 14.0. The molecule has 2 aliphatic heterocycles. The lowest BCUT2D eigenvalue weighted by Crippen LogP contribution is -2.41. The molecule has 0 spiro atoms. The van der Waals surface area contributed by atoms with Gasteiger partial charge in [0.05, 0.1) is 24.4 Å². The molecule has 0 aromatic carbocycles. The first-order valence-electron chi connectivity index (χ1n) is 6.51. The van der Waals surface area contributed by atoms with Gasteiger partial charge in [0.15, 0.2) is 0 Å². The highest BCUT2D eigenvalue weighted by atomic mass is 19.1. The summed E-state index contributed by atoms with van der Waals surface area (Å²) in [7, 11) is -0.865. The molecule has 2 saturated heterocycles. The summed E-state index contributed by atoms with van der Waals surface area (Å²) in [6.45, 7) is 11.0. The van der Waals surface area contributed by atoms with Crippen molar-refractivity contribution in [3.63, 3.8) is 0 Å². The monoisotopic (exact) mass is 256 g/mol. The van der Waals surface area contributed by atoms with E-state index >= 15 is 0 Å². The van der Waals surface area contributed by atoms with Gasteiger partial charge in [-0.05, 0) is 46.6 Å². The summed E-state index contributed by atoms with van der Waals surface area (Å²) in [5, 5.41) is 0. The topological polar surface area (TPSA) is 27.7 Å². The summed E-state index contributed by atoms with van der Waals surface area (Å²) < 4.78 is 30.8. The lowest BCUT2D eigenvalue weighted by atomic mass is 9.82. The molecule has 18 heavy (non-hydrogen) atoms. The molecule has 0 amide bonds. The van der Waals surface area contributed by atoms with Crippen molar-refractivity contribution < 1.29 is 18.4 Å².